The highest BCUT2D eigenvalue weighted by Crippen LogP contribution is 2.19. The third kappa shape index (κ3) is 4.52. The molecule has 1 heterocycles. The molecular formula is C24H19NO4. The maximum Gasteiger partial charge on any atom is 0.337 e. The Hall–Kier alpha value is -3.86. The van der Waals surface area contributed by atoms with Crippen LogP contribution in [0, 0.1) is 0 Å². The minimum Gasteiger partial charge on any atom is -0.489 e. The first-order chi connectivity index (χ1) is 14.2. The van der Waals surface area contributed by atoms with Crippen molar-refractivity contribution in [2.45, 2.75) is 6.61 Å². The predicted molar refractivity (Wildman–Crippen MR) is 111 cm³/mol. The lowest BCUT2D eigenvalue weighted by molar-refractivity contribution is 0.0600. The van der Waals surface area contributed by atoms with Crippen molar-refractivity contribution in [3.63, 3.8) is 0 Å². The van der Waals surface area contributed by atoms with Crippen LogP contribution in [0.1, 0.15) is 27.4 Å². The number of carbonyl (C=O) groups excluding carboxylic acids is 1. The Balaban J connectivity index is 1.35. The molecule has 0 fully saturated rings. The van der Waals surface area contributed by atoms with E-state index in [9.17, 15) is 4.79 Å². The molecule has 3 aromatic carbocycles. The van der Waals surface area contributed by atoms with Crippen LogP contribution in [0.15, 0.2) is 77.2 Å². The van der Waals surface area contributed by atoms with Crippen LogP contribution in [0.5, 0.6) is 5.75 Å². The summed E-state index contributed by atoms with van der Waals surface area (Å²) in [6.45, 7) is 0.416. The molecule has 0 bridgehead atoms. The van der Waals surface area contributed by atoms with Gasteiger partial charge in [-0.15, -0.1) is 0 Å². The highest BCUT2D eigenvalue weighted by atomic mass is 16.5. The second kappa shape index (κ2) is 8.44. The number of hydrogen-bond acceptors (Lipinski definition) is 5. The van der Waals surface area contributed by atoms with Gasteiger partial charge in [-0.1, -0.05) is 36.4 Å². The van der Waals surface area contributed by atoms with E-state index < -0.39 is 0 Å². The van der Waals surface area contributed by atoms with Gasteiger partial charge in [0.15, 0.2) is 5.58 Å². The van der Waals surface area contributed by atoms with Gasteiger partial charge in [0.05, 0.1) is 12.7 Å². The summed E-state index contributed by atoms with van der Waals surface area (Å²) in [6, 6.07) is 22.6. The van der Waals surface area contributed by atoms with Gasteiger partial charge in [-0.3, -0.25) is 0 Å². The van der Waals surface area contributed by atoms with Crippen molar-refractivity contribution in [2.75, 3.05) is 7.11 Å². The fourth-order valence-corrected chi connectivity index (χ4v) is 2.83. The van der Waals surface area contributed by atoms with E-state index in [4.69, 9.17) is 13.9 Å². The number of hydrogen-bond donors (Lipinski definition) is 0. The molecule has 29 heavy (non-hydrogen) atoms. The smallest absolute Gasteiger partial charge is 0.337 e. The van der Waals surface area contributed by atoms with Gasteiger partial charge in [0, 0.05) is 6.08 Å². The second-order valence-corrected chi connectivity index (χ2v) is 6.40. The molecule has 0 aliphatic heterocycles. The van der Waals surface area contributed by atoms with Crippen LogP contribution in [0.3, 0.4) is 0 Å². The van der Waals surface area contributed by atoms with Gasteiger partial charge in [0.2, 0.25) is 5.89 Å². The molecule has 0 saturated carbocycles. The molecule has 144 valence electrons. The number of nitrogens with zero attached hydrogens (tertiary/aromatic N) is 1. The maximum atomic E-state index is 11.5. The van der Waals surface area contributed by atoms with Gasteiger partial charge in [-0.2, -0.15) is 0 Å². The van der Waals surface area contributed by atoms with Crippen molar-refractivity contribution >= 4 is 29.2 Å². The number of fused-ring (bicyclic) bond motifs is 1. The number of ether oxygens (including phenoxy) is 2. The molecule has 0 aliphatic carbocycles. The third-order valence-corrected chi connectivity index (χ3v) is 4.39. The topological polar surface area (TPSA) is 61.6 Å². The molecule has 0 N–H and O–H groups in total. The van der Waals surface area contributed by atoms with Crippen LogP contribution in [-0.2, 0) is 11.3 Å². The van der Waals surface area contributed by atoms with E-state index in [0.29, 0.717) is 18.1 Å². The summed E-state index contributed by atoms with van der Waals surface area (Å²) in [7, 11) is 1.37. The van der Waals surface area contributed by atoms with Crippen LogP contribution in [0.2, 0.25) is 0 Å². The van der Waals surface area contributed by atoms with Gasteiger partial charge in [-0.05, 0) is 53.6 Å². The van der Waals surface area contributed by atoms with Crippen LogP contribution < -0.4 is 4.74 Å². The number of oxazole rings is 1. The number of aromatic nitrogens is 1. The Morgan fingerprint density at radius 2 is 1.72 bits per heavy atom. The number of benzene rings is 3. The first-order valence-electron chi connectivity index (χ1n) is 9.15. The largest absolute Gasteiger partial charge is 0.489 e. The summed E-state index contributed by atoms with van der Waals surface area (Å²) in [5.41, 5.74) is 4.12. The number of methoxy groups -OCH3 is 1. The van der Waals surface area contributed by atoms with Gasteiger partial charge in [0.1, 0.15) is 17.9 Å². The number of carbonyl (C=O) groups is 1. The van der Waals surface area contributed by atoms with E-state index >= 15 is 0 Å². The Bertz CT molecular complexity index is 1110. The van der Waals surface area contributed by atoms with Crippen molar-refractivity contribution in [1.82, 2.24) is 4.98 Å². The maximum absolute atomic E-state index is 11.5. The lowest BCUT2D eigenvalue weighted by Gasteiger charge is -2.07. The van der Waals surface area contributed by atoms with E-state index in [0.717, 1.165) is 28.0 Å². The Labute approximate surface area is 168 Å². The second-order valence-electron chi connectivity index (χ2n) is 6.40. The van der Waals surface area contributed by atoms with Crippen LogP contribution in [0.25, 0.3) is 23.3 Å². The molecular weight excluding hydrogens is 366 g/mol. The first kappa shape index (κ1) is 18.5. The summed E-state index contributed by atoms with van der Waals surface area (Å²) in [5.74, 6) is 0.988. The molecule has 0 saturated heterocycles. The Morgan fingerprint density at radius 3 is 2.45 bits per heavy atom. The van der Waals surface area contributed by atoms with Crippen molar-refractivity contribution in [1.29, 1.82) is 0 Å². The summed E-state index contributed by atoms with van der Waals surface area (Å²) in [6.07, 6.45) is 3.79. The number of esters is 1. The molecule has 5 nitrogen and oxygen atoms in total. The number of para-hydroxylation sites is 2. The summed E-state index contributed by atoms with van der Waals surface area (Å²) in [5, 5.41) is 0. The average Bonchev–Trinajstić information content (AvgIpc) is 3.20. The zero-order valence-corrected chi connectivity index (χ0v) is 15.9. The lowest BCUT2D eigenvalue weighted by atomic mass is 10.1. The normalized spacial score (nSPS) is 11.1. The Morgan fingerprint density at radius 1 is 0.966 bits per heavy atom. The SMILES string of the molecule is COC(=O)c1ccc(COc2ccc(/C=C/c3nc4ccccc4o3)cc2)cc1. The highest BCUT2D eigenvalue weighted by molar-refractivity contribution is 5.89. The standard InChI is InChI=1S/C24H19NO4/c1-27-24(26)19-11-6-18(7-12-19)16-28-20-13-8-17(9-14-20)10-15-23-25-21-4-2-3-5-22(21)29-23/h2-15H,16H2,1H3/b15-10+. The van der Waals surface area contributed by atoms with E-state index in [-0.39, 0.29) is 5.97 Å². The molecule has 0 aliphatic rings. The van der Waals surface area contributed by atoms with E-state index in [1.54, 1.807) is 12.1 Å². The molecule has 0 spiro atoms. The van der Waals surface area contributed by atoms with Crippen LogP contribution in [-0.4, -0.2) is 18.1 Å². The van der Waals surface area contributed by atoms with Crippen molar-refractivity contribution < 1.29 is 18.7 Å². The number of rotatable bonds is 6. The van der Waals surface area contributed by atoms with Gasteiger partial charge >= 0.3 is 5.97 Å². The fraction of sp³-hybridized carbons (Fsp3) is 0.0833. The molecule has 4 aromatic rings. The van der Waals surface area contributed by atoms with Crippen LogP contribution >= 0.6 is 0 Å². The zero-order chi connectivity index (χ0) is 20.1. The molecule has 0 unspecified atom stereocenters. The summed E-state index contributed by atoms with van der Waals surface area (Å²) >= 11 is 0. The highest BCUT2D eigenvalue weighted by Gasteiger charge is 2.05. The molecule has 0 atom stereocenters. The van der Waals surface area contributed by atoms with E-state index in [2.05, 4.69) is 4.98 Å². The quantitative estimate of drug-likeness (QED) is 0.418. The predicted octanol–water partition coefficient (Wildman–Crippen LogP) is 5.36. The van der Waals surface area contributed by atoms with Gasteiger partial charge in [0.25, 0.3) is 0 Å². The van der Waals surface area contributed by atoms with Crippen molar-refractivity contribution in [3.05, 3.63) is 95.4 Å². The van der Waals surface area contributed by atoms with Crippen LogP contribution in [0.4, 0.5) is 0 Å². The molecule has 5 heteroatoms. The van der Waals surface area contributed by atoms with Gasteiger partial charge in [-0.25, -0.2) is 9.78 Å². The lowest BCUT2D eigenvalue weighted by Crippen LogP contribution is -2.01. The zero-order valence-electron chi connectivity index (χ0n) is 15.9. The van der Waals surface area contributed by atoms with E-state index in [1.807, 2.05) is 72.8 Å². The fourth-order valence-electron chi connectivity index (χ4n) is 2.83. The minimum atomic E-state index is -0.348. The molecule has 0 amide bonds. The summed E-state index contributed by atoms with van der Waals surface area (Å²) < 4.78 is 16.2. The van der Waals surface area contributed by atoms with Gasteiger partial charge < -0.3 is 13.9 Å². The van der Waals surface area contributed by atoms with Crippen molar-refractivity contribution in [2.24, 2.45) is 0 Å². The average molecular weight is 385 g/mol. The van der Waals surface area contributed by atoms with Crippen molar-refractivity contribution in [3.8, 4) is 5.75 Å². The summed E-state index contributed by atoms with van der Waals surface area (Å²) in [4.78, 5) is 15.9. The Kier molecular flexibility index (Phi) is 5.38. The molecule has 4 rings (SSSR count). The third-order valence-electron chi connectivity index (χ3n) is 4.39. The molecule has 0 radical (unpaired) electrons. The minimum absolute atomic E-state index is 0.348. The first-order valence-corrected chi connectivity index (χ1v) is 9.15. The molecule has 1 aromatic heterocycles. The monoisotopic (exact) mass is 385 g/mol. The van der Waals surface area contributed by atoms with E-state index in [1.165, 1.54) is 7.11 Å².